The summed E-state index contributed by atoms with van der Waals surface area (Å²) in [6.07, 6.45) is 4.63. The van der Waals surface area contributed by atoms with Gasteiger partial charge in [-0.2, -0.15) is 0 Å². The molecule has 0 saturated carbocycles. The molecule has 8 nitrogen and oxygen atoms in total. The maximum absolute atomic E-state index is 12.6. The Morgan fingerprint density at radius 3 is 2.37 bits per heavy atom. The van der Waals surface area contributed by atoms with E-state index >= 15 is 0 Å². The van der Waals surface area contributed by atoms with E-state index in [4.69, 9.17) is 14.2 Å². The van der Waals surface area contributed by atoms with Gasteiger partial charge in [0.15, 0.2) is 11.5 Å². The molecule has 2 rings (SSSR count). The highest BCUT2D eigenvalue weighted by atomic mass is 32.2. The lowest BCUT2D eigenvalue weighted by Crippen LogP contribution is -2.35. The van der Waals surface area contributed by atoms with E-state index in [1.807, 2.05) is 0 Å². The summed E-state index contributed by atoms with van der Waals surface area (Å²) in [6, 6.07) is 3.43. The van der Waals surface area contributed by atoms with E-state index in [0.717, 1.165) is 6.42 Å². The quantitative estimate of drug-likeness (QED) is 0.453. The third-order valence-corrected chi connectivity index (χ3v) is 5.92. The van der Waals surface area contributed by atoms with Crippen molar-refractivity contribution in [3.8, 4) is 17.2 Å². The standard InChI is InChI=1S/C21H27NO7S/c1-26-16-10-14(11-17(27-2)21(16)29-4)7-8-18(23)22-9-5-6-15(12-19(22)24)30-13-20(25)28-3/h7-8,10-11,15H,5-6,9,12-13H2,1-4H3/b8-7+. The first-order chi connectivity index (χ1) is 14.4. The van der Waals surface area contributed by atoms with Gasteiger partial charge >= 0.3 is 5.97 Å². The molecule has 0 spiro atoms. The number of likely N-dealkylation sites (tertiary alicyclic amines) is 1. The van der Waals surface area contributed by atoms with E-state index in [2.05, 4.69) is 4.74 Å². The summed E-state index contributed by atoms with van der Waals surface area (Å²) in [4.78, 5) is 37.8. The van der Waals surface area contributed by atoms with Gasteiger partial charge in [-0.3, -0.25) is 19.3 Å². The number of hydrogen-bond donors (Lipinski definition) is 0. The molecule has 1 aromatic rings. The minimum absolute atomic E-state index is 0.00603. The molecule has 0 bridgehead atoms. The van der Waals surface area contributed by atoms with Crippen LogP contribution in [-0.2, 0) is 19.1 Å². The van der Waals surface area contributed by atoms with Crippen molar-refractivity contribution in [2.24, 2.45) is 0 Å². The van der Waals surface area contributed by atoms with Gasteiger partial charge in [0, 0.05) is 24.3 Å². The number of amides is 2. The number of hydrogen-bond acceptors (Lipinski definition) is 8. The lowest BCUT2D eigenvalue weighted by Gasteiger charge is -2.17. The van der Waals surface area contributed by atoms with Crippen LogP contribution in [-0.4, -0.2) is 68.7 Å². The number of esters is 1. The predicted octanol–water partition coefficient (Wildman–Crippen LogP) is 2.54. The van der Waals surface area contributed by atoms with Crippen molar-refractivity contribution in [3.05, 3.63) is 23.8 Å². The lowest BCUT2D eigenvalue weighted by atomic mass is 10.1. The lowest BCUT2D eigenvalue weighted by molar-refractivity contribution is -0.141. The van der Waals surface area contributed by atoms with Crippen LogP contribution < -0.4 is 14.2 Å². The Morgan fingerprint density at radius 1 is 1.13 bits per heavy atom. The van der Waals surface area contributed by atoms with Gasteiger partial charge in [0.2, 0.25) is 11.7 Å². The van der Waals surface area contributed by atoms with Gasteiger partial charge in [-0.15, -0.1) is 11.8 Å². The molecule has 0 N–H and O–H groups in total. The number of ether oxygens (including phenoxy) is 4. The number of methoxy groups -OCH3 is 4. The molecule has 1 fully saturated rings. The fourth-order valence-electron chi connectivity index (χ4n) is 3.08. The number of thioether (sulfide) groups is 1. The molecule has 1 aliphatic heterocycles. The summed E-state index contributed by atoms with van der Waals surface area (Å²) in [5.74, 6) is 0.658. The third kappa shape index (κ3) is 6.16. The zero-order valence-corrected chi connectivity index (χ0v) is 18.5. The van der Waals surface area contributed by atoms with Crippen LogP contribution in [0.1, 0.15) is 24.8 Å². The largest absolute Gasteiger partial charge is 0.493 e. The molecule has 1 atom stereocenters. The van der Waals surface area contributed by atoms with Crippen LogP contribution in [0, 0.1) is 0 Å². The Labute approximate surface area is 180 Å². The van der Waals surface area contributed by atoms with Crippen molar-refractivity contribution in [2.45, 2.75) is 24.5 Å². The first-order valence-electron chi connectivity index (χ1n) is 9.44. The van der Waals surface area contributed by atoms with Crippen LogP contribution in [0.2, 0.25) is 0 Å². The van der Waals surface area contributed by atoms with Crippen LogP contribution >= 0.6 is 11.8 Å². The Morgan fingerprint density at radius 2 is 1.80 bits per heavy atom. The van der Waals surface area contributed by atoms with E-state index < -0.39 is 0 Å². The van der Waals surface area contributed by atoms with Crippen molar-refractivity contribution in [1.29, 1.82) is 0 Å². The zero-order chi connectivity index (χ0) is 22.1. The highest BCUT2D eigenvalue weighted by Gasteiger charge is 2.27. The van der Waals surface area contributed by atoms with Gasteiger partial charge in [0.05, 0.1) is 34.2 Å². The number of carbonyl (C=O) groups excluding carboxylic acids is 3. The second-order valence-corrected chi connectivity index (χ2v) is 7.82. The predicted molar refractivity (Wildman–Crippen MR) is 114 cm³/mol. The number of nitrogens with zero attached hydrogens (tertiary/aromatic N) is 1. The van der Waals surface area contributed by atoms with Crippen LogP contribution in [0.5, 0.6) is 17.2 Å². The summed E-state index contributed by atoms with van der Waals surface area (Å²) in [5.41, 5.74) is 0.673. The fourth-order valence-corrected chi connectivity index (χ4v) is 4.17. The summed E-state index contributed by atoms with van der Waals surface area (Å²) >= 11 is 1.39. The molecule has 1 unspecified atom stereocenters. The topological polar surface area (TPSA) is 91.4 Å². The Bertz CT molecular complexity index is 784. The zero-order valence-electron chi connectivity index (χ0n) is 17.6. The highest BCUT2D eigenvalue weighted by Crippen LogP contribution is 2.38. The molecule has 2 amide bonds. The van der Waals surface area contributed by atoms with Gasteiger partial charge < -0.3 is 18.9 Å². The minimum Gasteiger partial charge on any atom is -0.493 e. The smallest absolute Gasteiger partial charge is 0.315 e. The van der Waals surface area contributed by atoms with Crippen molar-refractivity contribution in [1.82, 2.24) is 4.90 Å². The SMILES string of the molecule is COC(=O)CSC1CCCN(C(=O)/C=C/c2cc(OC)c(OC)c(OC)c2)C(=O)C1. The minimum atomic E-state index is -0.382. The maximum atomic E-state index is 12.6. The summed E-state index contributed by atoms with van der Waals surface area (Å²) in [7, 11) is 5.88. The molecule has 1 heterocycles. The van der Waals surface area contributed by atoms with Crippen LogP contribution in [0.25, 0.3) is 6.08 Å². The van der Waals surface area contributed by atoms with E-state index in [-0.39, 0.29) is 35.2 Å². The molecule has 1 aliphatic rings. The average Bonchev–Trinajstić information content (AvgIpc) is 2.95. The van der Waals surface area contributed by atoms with Crippen molar-refractivity contribution in [3.63, 3.8) is 0 Å². The van der Waals surface area contributed by atoms with Gasteiger partial charge in [0.25, 0.3) is 5.91 Å². The number of imide groups is 1. The molecular weight excluding hydrogens is 410 g/mol. The van der Waals surface area contributed by atoms with Crippen LogP contribution in [0.4, 0.5) is 0 Å². The fraction of sp³-hybridized carbons (Fsp3) is 0.476. The summed E-state index contributed by atoms with van der Waals surface area (Å²) < 4.78 is 20.5. The first kappa shape index (κ1) is 23.6. The van der Waals surface area contributed by atoms with Crippen LogP contribution in [0.3, 0.4) is 0 Å². The van der Waals surface area contributed by atoms with E-state index in [9.17, 15) is 14.4 Å². The normalized spacial score (nSPS) is 16.9. The molecule has 0 radical (unpaired) electrons. The van der Waals surface area contributed by atoms with Crippen molar-refractivity contribution < 1.29 is 33.3 Å². The summed E-state index contributed by atoms with van der Waals surface area (Å²) in [6.45, 7) is 0.354. The summed E-state index contributed by atoms with van der Waals surface area (Å²) in [5, 5.41) is -0.00603. The molecule has 30 heavy (non-hydrogen) atoms. The third-order valence-electron chi connectivity index (χ3n) is 4.65. The van der Waals surface area contributed by atoms with Crippen molar-refractivity contribution in [2.75, 3.05) is 40.7 Å². The van der Waals surface area contributed by atoms with Gasteiger partial charge in [0.1, 0.15) is 0 Å². The van der Waals surface area contributed by atoms with Gasteiger partial charge in [-0.1, -0.05) is 0 Å². The molecule has 0 aliphatic carbocycles. The molecule has 9 heteroatoms. The Hall–Kier alpha value is -2.68. The average molecular weight is 438 g/mol. The van der Waals surface area contributed by atoms with E-state index in [1.165, 1.54) is 51.2 Å². The monoisotopic (exact) mass is 437 g/mol. The van der Waals surface area contributed by atoms with Crippen LogP contribution in [0.15, 0.2) is 18.2 Å². The van der Waals surface area contributed by atoms with E-state index in [1.54, 1.807) is 18.2 Å². The molecular formula is C21H27NO7S. The molecule has 164 valence electrons. The van der Waals surface area contributed by atoms with Gasteiger partial charge in [-0.25, -0.2) is 0 Å². The highest BCUT2D eigenvalue weighted by molar-refractivity contribution is 8.00. The molecule has 1 aromatic carbocycles. The number of carbonyl (C=O) groups is 3. The number of benzene rings is 1. The van der Waals surface area contributed by atoms with E-state index in [0.29, 0.717) is 35.8 Å². The molecule has 0 aromatic heterocycles. The molecule has 1 saturated heterocycles. The maximum Gasteiger partial charge on any atom is 0.315 e. The van der Waals surface area contributed by atoms with Crippen molar-refractivity contribution >= 4 is 35.6 Å². The van der Waals surface area contributed by atoms with Gasteiger partial charge in [-0.05, 0) is 36.6 Å². The Balaban J connectivity index is 2.07. The Kier molecular flexibility index (Phi) is 9.04. The second kappa shape index (κ2) is 11.5. The first-order valence-corrected chi connectivity index (χ1v) is 10.5. The number of rotatable bonds is 8. The second-order valence-electron chi connectivity index (χ2n) is 6.53.